The summed E-state index contributed by atoms with van der Waals surface area (Å²) < 4.78 is 5.88. The van der Waals surface area contributed by atoms with E-state index in [4.69, 9.17) is 10.5 Å². The molecule has 3 unspecified atom stereocenters. The summed E-state index contributed by atoms with van der Waals surface area (Å²) in [4.78, 5) is 14.4. The average molecular weight is 353 g/mol. The van der Waals surface area contributed by atoms with Crippen LogP contribution in [0.5, 0.6) is 5.75 Å². The summed E-state index contributed by atoms with van der Waals surface area (Å²) in [6, 6.07) is 6.48. The van der Waals surface area contributed by atoms with Gasteiger partial charge in [-0.1, -0.05) is 26.0 Å². The van der Waals surface area contributed by atoms with E-state index < -0.39 is 0 Å². The molecule has 4 nitrogen and oxygen atoms in total. The molecule has 1 aliphatic heterocycles. The van der Waals surface area contributed by atoms with Crippen molar-refractivity contribution in [3.05, 3.63) is 29.3 Å². The lowest BCUT2D eigenvalue weighted by Crippen LogP contribution is -2.36. The van der Waals surface area contributed by atoms with Crippen molar-refractivity contribution < 1.29 is 9.53 Å². The van der Waals surface area contributed by atoms with E-state index in [0.29, 0.717) is 17.8 Å². The molecule has 3 rings (SSSR count). The van der Waals surface area contributed by atoms with Gasteiger partial charge < -0.3 is 15.4 Å². The van der Waals surface area contributed by atoms with Gasteiger partial charge >= 0.3 is 0 Å². The minimum Gasteiger partial charge on any atom is -0.483 e. The Labute approximate surface area is 151 Å². The van der Waals surface area contributed by atoms with Gasteiger partial charge in [-0.25, -0.2) is 0 Å². The summed E-state index contributed by atoms with van der Waals surface area (Å²) in [6.07, 6.45) is 2.26. The van der Waals surface area contributed by atoms with Crippen LogP contribution in [0.4, 0.5) is 0 Å². The molecule has 1 amide bonds. The first kappa shape index (κ1) is 19.1. The molecular weight excluding hydrogens is 324 g/mol. The van der Waals surface area contributed by atoms with E-state index in [9.17, 15) is 4.79 Å². The summed E-state index contributed by atoms with van der Waals surface area (Å²) in [5.41, 5.74) is 8.46. The van der Waals surface area contributed by atoms with Gasteiger partial charge in [0, 0.05) is 19.1 Å². The third kappa shape index (κ3) is 3.86. The van der Waals surface area contributed by atoms with Crippen LogP contribution in [0.25, 0.3) is 0 Å². The smallest absolute Gasteiger partial charge is 0.260 e. The monoisotopic (exact) mass is 352 g/mol. The number of rotatable bonds is 4. The number of benzene rings is 1. The minimum atomic E-state index is 0. The van der Waals surface area contributed by atoms with Crippen LogP contribution < -0.4 is 10.5 Å². The fraction of sp³-hybridized carbons (Fsp3) is 0.632. The Morgan fingerprint density at radius 3 is 2.75 bits per heavy atom. The van der Waals surface area contributed by atoms with Crippen LogP contribution in [-0.4, -0.2) is 36.5 Å². The van der Waals surface area contributed by atoms with Gasteiger partial charge in [0.05, 0.1) is 0 Å². The summed E-state index contributed by atoms with van der Waals surface area (Å²) >= 11 is 0. The van der Waals surface area contributed by atoms with E-state index in [1.54, 1.807) is 0 Å². The maximum Gasteiger partial charge on any atom is 0.260 e. The van der Waals surface area contributed by atoms with E-state index >= 15 is 0 Å². The normalized spacial score (nSPS) is 25.5. The molecule has 1 aromatic carbocycles. The first-order valence-electron chi connectivity index (χ1n) is 8.72. The summed E-state index contributed by atoms with van der Waals surface area (Å²) in [6.45, 7) is 8.11. The largest absolute Gasteiger partial charge is 0.483 e. The van der Waals surface area contributed by atoms with Crippen LogP contribution in [0, 0.1) is 18.8 Å². The number of nitrogens with two attached hydrogens (primary N) is 1. The lowest BCUT2D eigenvalue weighted by atomic mass is 9.98. The number of likely N-dealkylation sites (tertiary alicyclic amines) is 1. The number of hydrogen-bond acceptors (Lipinski definition) is 3. The number of amides is 1. The van der Waals surface area contributed by atoms with Crippen molar-refractivity contribution in [3.63, 3.8) is 0 Å². The second-order valence-corrected chi connectivity index (χ2v) is 7.45. The second-order valence-electron chi connectivity index (χ2n) is 7.45. The van der Waals surface area contributed by atoms with Crippen molar-refractivity contribution in [1.29, 1.82) is 0 Å². The van der Waals surface area contributed by atoms with Gasteiger partial charge in [-0.15, -0.1) is 12.4 Å². The maximum absolute atomic E-state index is 12.5. The van der Waals surface area contributed by atoms with Gasteiger partial charge in [-0.05, 0) is 54.7 Å². The molecule has 2 N–H and O–H groups in total. The molecule has 1 saturated carbocycles. The molecular formula is C19H29ClN2O2. The summed E-state index contributed by atoms with van der Waals surface area (Å²) in [5, 5.41) is 0. The van der Waals surface area contributed by atoms with Crippen LogP contribution in [0.15, 0.2) is 18.2 Å². The fourth-order valence-electron chi connectivity index (χ4n) is 3.99. The number of hydrogen-bond donors (Lipinski definition) is 1. The Morgan fingerprint density at radius 2 is 2.08 bits per heavy atom. The average Bonchev–Trinajstić information content (AvgIpc) is 3.07. The topological polar surface area (TPSA) is 55.6 Å². The summed E-state index contributed by atoms with van der Waals surface area (Å²) in [5.74, 6) is 2.39. The molecule has 0 bridgehead atoms. The molecule has 0 radical (unpaired) electrons. The Bertz CT molecular complexity index is 591. The van der Waals surface area contributed by atoms with Crippen LogP contribution in [0.3, 0.4) is 0 Å². The van der Waals surface area contributed by atoms with E-state index in [2.05, 4.69) is 26.0 Å². The Morgan fingerprint density at radius 1 is 1.33 bits per heavy atom. The zero-order chi connectivity index (χ0) is 16.6. The molecule has 1 aromatic rings. The standard InChI is InChI=1S/C19H28N2O2.ClH/c1-12(2)15-6-4-13(3)8-18(15)23-11-19(22)21-9-14-5-7-17(20)16(14)10-21;/h4,6,8,12,14,16-17H,5,7,9-11,20H2,1-3H3;1H. The SMILES string of the molecule is Cc1ccc(C(C)C)c(OCC(=O)N2CC3CCC(N)C3C2)c1.Cl. The van der Waals surface area contributed by atoms with Crippen LogP contribution in [0.1, 0.15) is 43.7 Å². The highest BCUT2D eigenvalue weighted by atomic mass is 35.5. The van der Waals surface area contributed by atoms with Crippen molar-refractivity contribution in [2.24, 2.45) is 17.6 Å². The number of nitrogens with zero attached hydrogens (tertiary/aromatic N) is 1. The van der Waals surface area contributed by atoms with Crippen molar-refractivity contribution >= 4 is 18.3 Å². The highest BCUT2D eigenvalue weighted by Crippen LogP contribution is 2.37. The third-order valence-electron chi connectivity index (χ3n) is 5.41. The molecule has 1 heterocycles. The number of fused-ring (bicyclic) bond motifs is 1. The predicted molar refractivity (Wildman–Crippen MR) is 98.8 cm³/mol. The number of ether oxygens (including phenoxy) is 1. The number of carbonyl (C=O) groups excluding carboxylic acids is 1. The second kappa shape index (κ2) is 7.75. The van der Waals surface area contributed by atoms with Gasteiger partial charge in [0.15, 0.2) is 6.61 Å². The Kier molecular flexibility index (Phi) is 6.16. The third-order valence-corrected chi connectivity index (χ3v) is 5.41. The maximum atomic E-state index is 12.5. The highest BCUT2D eigenvalue weighted by molar-refractivity contribution is 5.85. The first-order valence-corrected chi connectivity index (χ1v) is 8.72. The Balaban J connectivity index is 0.00000208. The van der Waals surface area contributed by atoms with Gasteiger partial charge in [-0.3, -0.25) is 4.79 Å². The van der Waals surface area contributed by atoms with Crippen LogP contribution >= 0.6 is 12.4 Å². The Hall–Kier alpha value is -1.26. The van der Waals surface area contributed by atoms with E-state index in [0.717, 1.165) is 42.8 Å². The van der Waals surface area contributed by atoms with E-state index in [1.807, 2.05) is 17.9 Å². The van der Waals surface area contributed by atoms with Crippen molar-refractivity contribution in [1.82, 2.24) is 4.90 Å². The fourth-order valence-corrected chi connectivity index (χ4v) is 3.99. The van der Waals surface area contributed by atoms with Gasteiger partial charge in [-0.2, -0.15) is 0 Å². The van der Waals surface area contributed by atoms with Crippen molar-refractivity contribution in [2.75, 3.05) is 19.7 Å². The van der Waals surface area contributed by atoms with Crippen LogP contribution in [0.2, 0.25) is 0 Å². The number of carbonyl (C=O) groups is 1. The number of halogens is 1. The molecule has 1 saturated heterocycles. The number of aryl methyl sites for hydroxylation is 1. The molecule has 2 aliphatic rings. The first-order chi connectivity index (χ1) is 11.0. The molecule has 0 spiro atoms. The van der Waals surface area contributed by atoms with Crippen molar-refractivity contribution in [2.45, 2.75) is 45.6 Å². The van der Waals surface area contributed by atoms with Gasteiger partial charge in [0.1, 0.15) is 5.75 Å². The van der Waals surface area contributed by atoms with Crippen LogP contribution in [-0.2, 0) is 4.79 Å². The molecule has 24 heavy (non-hydrogen) atoms. The van der Waals surface area contributed by atoms with Gasteiger partial charge in [0.2, 0.25) is 0 Å². The molecule has 3 atom stereocenters. The lowest BCUT2D eigenvalue weighted by molar-refractivity contribution is -0.132. The van der Waals surface area contributed by atoms with Gasteiger partial charge in [0.25, 0.3) is 5.91 Å². The molecule has 5 heteroatoms. The highest BCUT2D eigenvalue weighted by Gasteiger charge is 2.42. The zero-order valence-corrected chi connectivity index (χ0v) is 15.6. The predicted octanol–water partition coefficient (Wildman–Crippen LogP) is 3.11. The van der Waals surface area contributed by atoms with E-state index in [1.165, 1.54) is 0 Å². The molecule has 2 fully saturated rings. The quantitative estimate of drug-likeness (QED) is 0.905. The summed E-state index contributed by atoms with van der Waals surface area (Å²) in [7, 11) is 0. The van der Waals surface area contributed by atoms with Crippen molar-refractivity contribution in [3.8, 4) is 5.75 Å². The molecule has 1 aliphatic carbocycles. The lowest BCUT2D eigenvalue weighted by Gasteiger charge is -2.20. The van der Waals surface area contributed by atoms with E-state index in [-0.39, 0.29) is 31.0 Å². The minimum absolute atomic E-state index is 0. The molecule has 0 aromatic heterocycles. The zero-order valence-electron chi connectivity index (χ0n) is 14.8. The molecule has 134 valence electrons.